The molecule has 2 aromatic carbocycles. The first-order valence-electron chi connectivity index (χ1n) is 11.3. The molecule has 0 bridgehead atoms. The third kappa shape index (κ3) is 8.81. The predicted octanol–water partition coefficient (Wildman–Crippen LogP) is 4.12. The number of benzene rings is 2. The molecule has 0 fully saturated rings. The molecule has 0 aliphatic heterocycles. The first-order chi connectivity index (χ1) is 17.9. The summed E-state index contributed by atoms with van der Waals surface area (Å²) in [7, 11) is 1.58. The Balaban J connectivity index is 1.65. The van der Waals surface area contributed by atoms with Crippen LogP contribution < -0.4 is 10.6 Å². The Hall–Kier alpha value is -2.99. The molecule has 3 aromatic rings. The van der Waals surface area contributed by atoms with Crippen LogP contribution in [0.3, 0.4) is 0 Å². The molecule has 1 atom stereocenters. The maximum atomic E-state index is 13.0. The van der Waals surface area contributed by atoms with Gasteiger partial charge in [0.05, 0.1) is 62.0 Å². The second-order valence-corrected chi connectivity index (χ2v) is 8.54. The molecule has 3 rings (SSSR count). The minimum atomic E-state index is -1.16. The molecule has 0 spiro atoms. The normalized spacial score (nSPS) is 11.9. The van der Waals surface area contributed by atoms with Gasteiger partial charge in [0.1, 0.15) is 6.04 Å². The van der Waals surface area contributed by atoms with Crippen molar-refractivity contribution in [1.82, 2.24) is 10.3 Å². The first-order valence-corrected chi connectivity index (χ1v) is 12.1. The zero-order valence-corrected chi connectivity index (χ0v) is 21.6. The van der Waals surface area contributed by atoms with Gasteiger partial charge in [0.2, 0.25) is 11.8 Å². The third-order valence-electron chi connectivity index (χ3n) is 5.07. The van der Waals surface area contributed by atoms with Crippen molar-refractivity contribution in [2.75, 3.05) is 45.5 Å². The third-order valence-corrected chi connectivity index (χ3v) is 5.63. The predicted molar refractivity (Wildman–Crippen MR) is 138 cm³/mol. The Morgan fingerprint density at radius 1 is 1.08 bits per heavy atom. The molecular formula is C25H27Cl2N3O7. The van der Waals surface area contributed by atoms with Crippen molar-refractivity contribution >= 4 is 40.8 Å². The number of aromatic nitrogens is 1. The molecule has 0 aliphatic rings. The Morgan fingerprint density at radius 2 is 1.84 bits per heavy atom. The lowest BCUT2D eigenvalue weighted by atomic mass is 10.1. The van der Waals surface area contributed by atoms with E-state index in [2.05, 4.69) is 15.6 Å². The molecule has 0 saturated carbocycles. The summed E-state index contributed by atoms with van der Waals surface area (Å²) in [6, 6.07) is 10.3. The second kappa shape index (κ2) is 14.7. The minimum absolute atomic E-state index is 0.0115. The van der Waals surface area contributed by atoms with Crippen molar-refractivity contribution in [3.63, 3.8) is 0 Å². The Bertz CT molecular complexity index is 1190. The second-order valence-electron chi connectivity index (χ2n) is 7.70. The van der Waals surface area contributed by atoms with Crippen LogP contribution in [-0.2, 0) is 25.5 Å². The van der Waals surface area contributed by atoms with E-state index in [1.54, 1.807) is 37.4 Å². The maximum Gasteiger partial charge on any atom is 0.337 e. The number of methoxy groups -OCH3 is 1. The standard InChI is InChI=1S/C25H27Cl2N3O7/c1-34-8-9-35-10-11-36-15-21(24(31)30-20-5-3-2-4-17(20)25(32)33)28-14-23-29-13-22(37-23)18-12-16(26)6-7-19(18)27/h2-7,12-13,21,28H,8-11,14-15H2,1H3,(H,30,31)(H,32,33). The van der Waals surface area contributed by atoms with E-state index >= 15 is 0 Å². The Kier molecular flexibility index (Phi) is 11.3. The van der Waals surface area contributed by atoms with Crippen molar-refractivity contribution in [3.8, 4) is 11.3 Å². The van der Waals surface area contributed by atoms with E-state index < -0.39 is 17.9 Å². The highest BCUT2D eigenvalue weighted by molar-refractivity contribution is 6.35. The van der Waals surface area contributed by atoms with Crippen LogP contribution in [0.15, 0.2) is 53.1 Å². The average Bonchev–Trinajstić information content (AvgIpc) is 3.35. The van der Waals surface area contributed by atoms with Crippen molar-refractivity contribution < 1.29 is 33.3 Å². The van der Waals surface area contributed by atoms with Gasteiger partial charge in [-0.2, -0.15) is 0 Å². The number of carboxylic acid groups (broad SMARTS) is 1. The number of carbonyl (C=O) groups excluding carboxylic acids is 1. The fourth-order valence-corrected chi connectivity index (χ4v) is 3.59. The first kappa shape index (κ1) is 28.6. The van der Waals surface area contributed by atoms with E-state index in [9.17, 15) is 14.7 Å². The van der Waals surface area contributed by atoms with Gasteiger partial charge >= 0.3 is 5.97 Å². The number of oxazole rings is 1. The van der Waals surface area contributed by atoms with Crippen molar-refractivity contribution in [2.45, 2.75) is 12.6 Å². The number of ether oxygens (including phenoxy) is 3. The van der Waals surface area contributed by atoms with E-state index in [4.69, 9.17) is 41.8 Å². The van der Waals surface area contributed by atoms with Crippen LogP contribution in [0.25, 0.3) is 11.3 Å². The molecule has 198 valence electrons. The number of aromatic carboxylic acids is 1. The van der Waals surface area contributed by atoms with Crippen LogP contribution in [-0.4, -0.2) is 68.2 Å². The summed E-state index contributed by atoms with van der Waals surface area (Å²) in [4.78, 5) is 28.8. The summed E-state index contributed by atoms with van der Waals surface area (Å²) in [5.41, 5.74) is 0.728. The molecule has 1 aromatic heterocycles. The van der Waals surface area contributed by atoms with Crippen LogP contribution in [0.4, 0.5) is 5.69 Å². The molecule has 1 amide bonds. The van der Waals surface area contributed by atoms with E-state index in [0.717, 1.165) is 0 Å². The fraction of sp³-hybridized carbons (Fsp3) is 0.320. The fourth-order valence-electron chi connectivity index (χ4n) is 3.20. The molecule has 10 nitrogen and oxygen atoms in total. The number of amides is 1. The van der Waals surface area contributed by atoms with Gasteiger partial charge in [0, 0.05) is 17.7 Å². The van der Waals surface area contributed by atoms with Gasteiger partial charge in [-0.15, -0.1) is 0 Å². The van der Waals surface area contributed by atoms with E-state index in [1.807, 2.05) is 0 Å². The monoisotopic (exact) mass is 551 g/mol. The van der Waals surface area contributed by atoms with Crippen LogP contribution in [0.5, 0.6) is 0 Å². The van der Waals surface area contributed by atoms with Gasteiger partial charge < -0.3 is 29.1 Å². The lowest BCUT2D eigenvalue weighted by Crippen LogP contribution is -2.44. The lowest BCUT2D eigenvalue weighted by Gasteiger charge is -2.18. The summed E-state index contributed by atoms with van der Waals surface area (Å²) in [6.45, 7) is 1.54. The van der Waals surface area contributed by atoms with E-state index in [1.165, 1.54) is 18.3 Å². The topological polar surface area (TPSA) is 132 Å². The molecule has 1 unspecified atom stereocenters. The van der Waals surface area contributed by atoms with Gasteiger partial charge in [-0.25, -0.2) is 9.78 Å². The van der Waals surface area contributed by atoms with Crippen LogP contribution in [0.2, 0.25) is 10.0 Å². The molecule has 0 aliphatic carbocycles. The average molecular weight is 552 g/mol. The number of para-hydroxylation sites is 1. The lowest BCUT2D eigenvalue weighted by molar-refractivity contribution is -0.119. The zero-order chi connectivity index (χ0) is 26.6. The number of halogens is 2. The summed E-state index contributed by atoms with van der Waals surface area (Å²) in [6.07, 6.45) is 1.51. The molecule has 0 saturated heterocycles. The smallest absolute Gasteiger partial charge is 0.337 e. The van der Waals surface area contributed by atoms with Crippen LogP contribution >= 0.6 is 23.2 Å². The van der Waals surface area contributed by atoms with Gasteiger partial charge in [-0.1, -0.05) is 35.3 Å². The number of hydrogen-bond acceptors (Lipinski definition) is 8. The van der Waals surface area contributed by atoms with Gasteiger partial charge in [0.15, 0.2) is 5.76 Å². The molecule has 0 radical (unpaired) electrons. The van der Waals surface area contributed by atoms with Crippen molar-refractivity contribution in [3.05, 3.63) is 70.2 Å². The number of anilines is 1. The number of nitrogens with zero attached hydrogens (tertiary/aromatic N) is 1. The highest BCUT2D eigenvalue weighted by atomic mass is 35.5. The molecule has 3 N–H and O–H groups in total. The maximum absolute atomic E-state index is 13.0. The minimum Gasteiger partial charge on any atom is -0.478 e. The number of carboxylic acids is 1. The van der Waals surface area contributed by atoms with E-state index in [0.29, 0.717) is 47.1 Å². The number of carbonyl (C=O) groups is 2. The van der Waals surface area contributed by atoms with Crippen LogP contribution in [0.1, 0.15) is 16.2 Å². The quantitative estimate of drug-likeness (QED) is 0.238. The van der Waals surface area contributed by atoms with Gasteiger partial charge in [-0.05, 0) is 30.3 Å². The molecule has 37 heavy (non-hydrogen) atoms. The van der Waals surface area contributed by atoms with Gasteiger partial charge in [0.25, 0.3) is 0 Å². The summed E-state index contributed by atoms with van der Waals surface area (Å²) in [5, 5.41) is 16.1. The molecule has 12 heteroatoms. The number of hydrogen-bond donors (Lipinski definition) is 3. The van der Waals surface area contributed by atoms with Crippen molar-refractivity contribution in [1.29, 1.82) is 0 Å². The van der Waals surface area contributed by atoms with Crippen LogP contribution in [0, 0.1) is 0 Å². The largest absolute Gasteiger partial charge is 0.478 e. The van der Waals surface area contributed by atoms with Gasteiger partial charge in [-0.3, -0.25) is 10.1 Å². The zero-order valence-electron chi connectivity index (χ0n) is 20.0. The summed E-state index contributed by atoms with van der Waals surface area (Å²) < 4.78 is 21.7. The summed E-state index contributed by atoms with van der Waals surface area (Å²) >= 11 is 12.3. The molecule has 1 heterocycles. The van der Waals surface area contributed by atoms with Crippen molar-refractivity contribution in [2.24, 2.45) is 0 Å². The highest BCUT2D eigenvalue weighted by Gasteiger charge is 2.22. The molecular weight excluding hydrogens is 525 g/mol. The Labute approximate surface area is 223 Å². The number of rotatable bonds is 15. The summed E-state index contributed by atoms with van der Waals surface area (Å²) in [5.74, 6) is -0.918. The highest BCUT2D eigenvalue weighted by Crippen LogP contribution is 2.31. The van der Waals surface area contributed by atoms with E-state index in [-0.39, 0.29) is 31.0 Å². The SMILES string of the molecule is COCCOCCOCC(NCc1ncc(-c2cc(Cl)ccc2Cl)o1)C(=O)Nc1ccccc1C(=O)O. The number of nitrogens with one attached hydrogen (secondary N) is 2. The Morgan fingerprint density at radius 3 is 2.62 bits per heavy atom.